The molecule has 0 aromatic heterocycles. The van der Waals surface area contributed by atoms with Gasteiger partial charge in [-0.15, -0.1) is 0 Å². The molecule has 0 saturated carbocycles. The number of Topliss-reactive ketones (excluding diaryl/α,β-unsaturated/α-hetero) is 2. The van der Waals surface area contributed by atoms with Crippen LogP contribution in [0.25, 0.3) is 0 Å². The number of rotatable bonds is 7. The molecule has 0 fully saturated rings. The highest BCUT2D eigenvalue weighted by molar-refractivity contribution is 6.38. The number of ketones is 2. The fraction of sp³-hybridized carbons (Fsp3) is 0.333. The van der Waals surface area contributed by atoms with Gasteiger partial charge < -0.3 is 9.94 Å². The lowest BCUT2D eigenvalue weighted by Crippen LogP contribution is -2.32. The zero-order valence-electron chi connectivity index (χ0n) is 11.9. The van der Waals surface area contributed by atoms with Crippen LogP contribution < -0.4 is 0 Å². The second-order valence-electron chi connectivity index (χ2n) is 4.36. The number of esters is 1. The molecular formula is C15H17NO5. The molecule has 0 amide bonds. The number of ether oxygens (including phenoxy) is 1. The van der Waals surface area contributed by atoms with E-state index < -0.39 is 23.5 Å². The second kappa shape index (κ2) is 7.94. The maximum atomic E-state index is 11.9. The topological polar surface area (TPSA) is 93.0 Å². The van der Waals surface area contributed by atoms with E-state index in [0.29, 0.717) is 5.56 Å². The highest BCUT2D eigenvalue weighted by Crippen LogP contribution is 2.14. The molecule has 0 aliphatic heterocycles. The highest BCUT2D eigenvalue weighted by Gasteiger charge is 2.31. The first-order valence-electron chi connectivity index (χ1n) is 6.49. The van der Waals surface area contributed by atoms with Crippen molar-refractivity contribution in [3.8, 4) is 0 Å². The number of carbonyl (C=O) groups excluding carboxylic acids is 3. The van der Waals surface area contributed by atoms with E-state index in [1.807, 2.05) is 0 Å². The molecule has 1 N–H and O–H groups in total. The van der Waals surface area contributed by atoms with Gasteiger partial charge in [-0.2, -0.15) is 0 Å². The summed E-state index contributed by atoms with van der Waals surface area (Å²) in [4.78, 5) is 35.0. The first kappa shape index (κ1) is 16.6. The predicted octanol–water partition coefficient (Wildman–Crippen LogP) is 1.59. The van der Waals surface area contributed by atoms with Gasteiger partial charge >= 0.3 is 5.97 Å². The van der Waals surface area contributed by atoms with Crippen LogP contribution in [-0.2, 0) is 19.1 Å². The van der Waals surface area contributed by atoms with Crippen molar-refractivity contribution < 1.29 is 24.3 Å². The van der Waals surface area contributed by atoms with Crippen molar-refractivity contribution >= 4 is 23.2 Å². The molecule has 1 unspecified atom stereocenters. The fourth-order valence-corrected chi connectivity index (χ4v) is 1.81. The molecule has 6 heteroatoms. The van der Waals surface area contributed by atoms with Crippen molar-refractivity contribution in [2.45, 2.75) is 20.3 Å². The maximum Gasteiger partial charge on any atom is 0.375 e. The maximum absolute atomic E-state index is 11.9. The van der Waals surface area contributed by atoms with E-state index >= 15 is 0 Å². The monoisotopic (exact) mass is 291 g/mol. The molecule has 1 aromatic carbocycles. The lowest BCUT2D eigenvalue weighted by molar-refractivity contribution is -0.156. The summed E-state index contributed by atoms with van der Waals surface area (Å²) in [5, 5.41) is 12.2. The van der Waals surface area contributed by atoms with Gasteiger partial charge in [-0.25, -0.2) is 4.79 Å². The number of hydrogen-bond acceptors (Lipinski definition) is 6. The number of carbonyl (C=O) groups is 3. The number of oxime groups is 1. The van der Waals surface area contributed by atoms with Crippen LogP contribution in [-0.4, -0.2) is 35.1 Å². The third kappa shape index (κ3) is 4.52. The fourth-order valence-electron chi connectivity index (χ4n) is 1.81. The molecule has 0 aliphatic rings. The molecular weight excluding hydrogens is 274 g/mol. The van der Waals surface area contributed by atoms with Crippen LogP contribution in [0.3, 0.4) is 0 Å². The SMILES string of the molecule is CCOC(=O)C(=O)C(C/C(=N/O)c1ccccc1)C(C)=O. The Bertz CT molecular complexity index is 550. The van der Waals surface area contributed by atoms with E-state index in [4.69, 9.17) is 5.21 Å². The van der Waals surface area contributed by atoms with Gasteiger partial charge in [0.05, 0.1) is 18.2 Å². The van der Waals surface area contributed by atoms with Crippen LogP contribution in [0.4, 0.5) is 0 Å². The summed E-state index contributed by atoms with van der Waals surface area (Å²) in [6.45, 7) is 2.83. The smallest absolute Gasteiger partial charge is 0.375 e. The summed E-state index contributed by atoms with van der Waals surface area (Å²) in [7, 11) is 0. The van der Waals surface area contributed by atoms with E-state index in [2.05, 4.69) is 9.89 Å². The third-order valence-corrected chi connectivity index (χ3v) is 2.91. The van der Waals surface area contributed by atoms with Gasteiger partial charge in [-0.1, -0.05) is 35.5 Å². The summed E-state index contributed by atoms with van der Waals surface area (Å²) in [5.41, 5.74) is 0.733. The Morgan fingerprint density at radius 3 is 2.33 bits per heavy atom. The molecule has 1 rings (SSSR count). The van der Waals surface area contributed by atoms with Crippen molar-refractivity contribution in [1.29, 1.82) is 0 Å². The van der Waals surface area contributed by atoms with Gasteiger partial charge in [-0.05, 0) is 19.4 Å². The van der Waals surface area contributed by atoms with Crippen LogP contribution in [0, 0.1) is 5.92 Å². The Labute approximate surface area is 122 Å². The molecule has 0 radical (unpaired) electrons. The first-order chi connectivity index (χ1) is 10.0. The standard InChI is InChI=1S/C15H17NO5/c1-3-21-15(19)14(18)12(10(2)17)9-13(16-20)11-7-5-4-6-8-11/h4-8,12,20H,3,9H2,1-2H3/b16-13-. The van der Waals surface area contributed by atoms with E-state index in [1.54, 1.807) is 37.3 Å². The normalized spacial score (nSPS) is 12.6. The molecule has 0 heterocycles. The van der Waals surface area contributed by atoms with Crippen LogP contribution in [0.5, 0.6) is 0 Å². The van der Waals surface area contributed by atoms with Crippen molar-refractivity contribution in [3.05, 3.63) is 35.9 Å². The molecule has 0 saturated heterocycles. The quantitative estimate of drug-likeness (QED) is 0.206. The Morgan fingerprint density at radius 2 is 1.86 bits per heavy atom. The van der Waals surface area contributed by atoms with E-state index in [1.165, 1.54) is 6.92 Å². The van der Waals surface area contributed by atoms with E-state index in [0.717, 1.165) is 0 Å². The summed E-state index contributed by atoms with van der Waals surface area (Å²) >= 11 is 0. The third-order valence-electron chi connectivity index (χ3n) is 2.91. The minimum Gasteiger partial charge on any atom is -0.460 e. The molecule has 112 valence electrons. The lowest BCUT2D eigenvalue weighted by Gasteiger charge is -2.12. The van der Waals surface area contributed by atoms with Crippen LogP contribution in [0.1, 0.15) is 25.8 Å². The zero-order valence-corrected chi connectivity index (χ0v) is 11.9. The molecule has 6 nitrogen and oxygen atoms in total. The minimum atomic E-state index is -1.21. The summed E-state index contributed by atoms with van der Waals surface area (Å²) in [6.07, 6.45) is -0.159. The van der Waals surface area contributed by atoms with Crippen LogP contribution in [0.15, 0.2) is 35.5 Å². The Hall–Kier alpha value is -2.50. The lowest BCUT2D eigenvalue weighted by atomic mass is 9.91. The number of hydrogen-bond donors (Lipinski definition) is 1. The largest absolute Gasteiger partial charge is 0.460 e. The van der Waals surface area contributed by atoms with Gasteiger partial charge in [0.25, 0.3) is 5.78 Å². The molecule has 21 heavy (non-hydrogen) atoms. The average molecular weight is 291 g/mol. The zero-order chi connectivity index (χ0) is 15.8. The summed E-state index contributed by atoms with van der Waals surface area (Å²) < 4.78 is 4.61. The van der Waals surface area contributed by atoms with E-state index in [9.17, 15) is 14.4 Å². The predicted molar refractivity (Wildman–Crippen MR) is 75.2 cm³/mol. The number of nitrogens with zero attached hydrogens (tertiary/aromatic N) is 1. The van der Waals surface area contributed by atoms with Gasteiger partial charge in [0.1, 0.15) is 5.78 Å². The Morgan fingerprint density at radius 1 is 1.24 bits per heavy atom. The molecule has 1 atom stereocenters. The molecule has 0 aliphatic carbocycles. The van der Waals surface area contributed by atoms with Crippen molar-refractivity contribution in [2.24, 2.45) is 11.1 Å². The van der Waals surface area contributed by atoms with Gasteiger partial charge in [0, 0.05) is 6.42 Å². The number of benzene rings is 1. The molecule has 0 spiro atoms. The second-order valence-corrected chi connectivity index (χ2v) is 4.36. The van der Waals surface area contributed by atoms with Crippen LogP contribution >= 0.6 is 0 Å². The van der Waals surface area contributed by atoms with E-state index in [-0.39, 0.29) is 18.7 Å². The van der Waals surface area contributed by atoms with Crippen molar-refractivity contribution in [2.75, 3.05) is 6.61 Å². The summed E-state index contributed by atoms with van der Waals surface area (Å²) in [5.74, 6) is -3.68. The molecule has 0 bridgehead atoms. The van der Waals surface area contributed by atoms with Gasteiger partial charge in [0.2, 0.25) is 0 Å². The highest BCUT2D eigenvalue weighted by atomic mass is 16.5. The Balaban J connectivity index is 2.95. The van der Waals surface area contributed by atoms with Crippen molar-refractivity contribution in [3.63, 3.8) is 0 Å². The van der Waals surface area contributed by atoms with Crippen LogP contribution in [0.2, 0.25) is 0 Å². The first-order valence-corrected chi connectivity index (χ1v) is 6.49. The van der Waals surface area contributed by atoms with Crippen molar-refractivity contribution in [1.82, 2.24) is 0 Å². The molecule has 1 aromatic rings. The minimum absolute atomic E-state index is 0.0504. The summed E-state index contributed by atoms with van der Waals surface area (Å²) in [6, 6.07) is 8.61. The Kier molecular flexibility index (Phi) is 6.26. The van der Waals surface area contributed by atoms with Gasteiger partial charge in [-0.3, -0.25) is 9.59 Å². The average Bonchev–Trinajstić information content (AvgIpc) is 2.48. The van der Waals surface area contributed by atoms with Gasteiger partial charge in [0.15, 0.2) is 0 Å².